The van der Waals surface area contributed by atoms with Gasteiger partial charge in [0.2, 0.25) is 0 Å². The summed E-state index contributed by atoms with van der Waals surface area (Å²) in [5.74, 6) is 0.322. The van der Waals surface area contributed by atoms with Gasteiger partial charge in [-0.05, 0) is 71.1 Å². The molecule has 32 heavy (non-hydrogen) atoms. The van der Waals surface area contributed by atoms with Crippen molar-refractivity contribution in [2.75, 3.05) is 20.2 Å². The van der Waals surface area contributed by atoms with Gasteiger partial charge in [-0.3, -0.25) is 9.69 Å². The van der Waals surface area contributed by atoms with E-state index in [4.69, 9.17) is 4.74 Å². The summed E-state index contributed by atoms with van der Waals surface area (Å²) in [6.45, 7) is 3.26. The average molecular weight is 431 g/mol. The van der Waals surface area contributed by atoms with Crippen molar-refractivity contribution in [1.29, 1.82) is 0 Å². The Morgan fingerprint density at radius 1 is 1.03 bits per heavy atom. The molecule has 3 aromatic rings. The molecule has 0 bridgehead atoms. The van der Waals surface area contributed by atoms with Gasteiger partial charge in [-0.1, -0.05) is 36.4 Å². The Hall–Kier alpha value is -3.44. The molecule has 0 atom stereocenters. The maximum atomic E-state index is 13.0. The number of amides is 1. The fraction of sp³-hybridized carbons (Fsp3) is 0.222. The highest BCUT2D eigenvalue weighted by Gasteiger charge is 2.14. The first-order valence-corrected chi connectivity index (χ1v) is 10.8. The molecule has 4 rings (SSSR count). The Kier molecular flexibility index (Phi) is 6.97. The number of hydrogen-bond acceptors (Lipinski definition) is 3. The summed E-state index contributed by atoms with van der Waals surface area (Å²) in [7, 11) is 1.68. The third kappa shape index (κ3) is 5.62. The molecule has 1 heterocycles. The molecule has 164 valence electrons. The van der Waals surface area contributed by atoms with Crippen molar-refractivity contribution in [3.8, 4) is 5.75 Å². The Bertz CT molecular complexity index is 1090. The SMILES string of the molecule is COc1ccc(CN2CC=C(c3cccc(CNC(=O)c4ccc(F)cc4)c3)CC2)cc1. The van der Waals surface area contributed by atoms with Crippen LogP contribution in [0.3, 0.4) is 0 Å². The number of hydrogen-bond donors (Lipinski definition) is 1. The minimum atomic E-state index is -0.349. The first-order chi connectivity index (χ1) is 15.6. The van der Waals surface area contributed by atoms with Gasteiger partial charge in [0.05, 0.1) is 7.11 Å². The summed E-state index contributed by atoms with van der Waals surface area (Å²) >= 11 is 0. The van der Waals surface area contributed by atoms with Crippen LogP contribution in [0.5, 0.6) is 5.75 Å². The van der Waals surface area contributed by atoms with Crippen LogP contribution in [0.15, 0.2) is 78.9 Å². The van der Waals surface area contributed by atoms with Crippen LogP contribution in [0.25, 0.3) is 5.57 Å². The molecule has 0 saturated carbocycles. The van der Waals surface area contributed by atoms with Crippen LogP contribution < -0.4 is 10.1 Å². The summed E-state index contributed by atoms with van der Waals surface area (Å²) in [5.41, 5.74) is 5.31. The monoisotopic (exact) mass is 430 g/mol. The van der Waals surface area contributed by atoms with E-state index in [0.29, 0.717) is 12.1 Å². The maximum Gasteiger partial charge on any atom is 0.251 e. The van der Waals surface area contributed by atoms with Crippen molar-refractivity contribution < 1.29 is 13.9 Å². The van der Waals surface area contributed by atoms with E-state index in [1.807, 2.05) is 24.3 Å². The molecule has 1 amide bonds. The van der Waals surface area contributed by atoms with Gasteiger partial charge < -0.3 is 10.1 Å². The van der Waals surface area contributed by atoms with Crippen molar-refractivity contribution in [2.24, 2.45) is 0 Å². The fourth-order valence-electron chi connectivity index (χ4n) is 3.87. The van der Waals surface area contributed by atoms with E-state index in [0.717, 1.165) is 37.4 Å². The summed E-state index contributed by atoms with van der Waals surface area (Å²) in [6, 6.07) is 22.1. The molecule has 1 N–H and O–H groups in total. The standard InChI is InChI=1S/C27H27FN2O2/c1-32-26-11-5-20(6-12-26)19-30-15-13-22(14-16-30)24-4-2-3-21(17-24)18-29-27(31)23-7-9-25(28)10-8-23/h2-13,17H,14-16,18-19H2,1H3,(H,29,31). The zero-order valence-corrected chi connectivity index (χ0v) is 18.2. The molecule has 0 unspecified atom stereocenters. The summed E-state index contributed by atoms with van der Waals surface area (Å²) < 4.78 is 18.3. The number of carbonyl (C=O) groups is 1. The third-order valence-corrected chi connectivity index (χ3v) is 5.72. The summed E-state index contributed by atoms with van der Waals surface area (Å²) in [6.07, 6.45) is 3.28. The van der Waals surface area contributed by atoms with Gasteiger partial charge in [-0.15, -0.1) is 0 Å². The van der Waals surface area contributed by atoms with Crippen LogP contribution in [0.1, 0.15) is 33.5 Å². The average Bonchev–Trinajstić information content (AvgIpc) is 2.84. The van der Waals surface area contributed by atoms with Gasteiger partial charge in [-0.25, -0.2) is 4.39 Å². The van der Waals surface area contributed by atoms with Crippen LogP contribution in [-0.2, 0) is 13.1 Å². The molecular formula is C27H27FN2O2. The van der Waals surface area contributed by atoms with Gasteiger partial charge in [-0.2, -0.15) is 0 Å². The minimum absolute atomic E-state index is 0.207. The van der Waals surface area contributed by atoms with Crippen molar-refractivity contribution in [3.05, 3.63) is 107 Å². The van der Waals surface area contributed by atoms with E-state index < -0.39 is 0 Å². The fourth-order valence-corrected chi connectivity index (χ4v) is 3.87. The molecule has 1 aliphatic heterocycles. The van der Waals surface area contributed by atoms with E-state index in [9.17, 15) is 9.18 Å². The van der Waals surface area contributed by atoms with E-state index in [1.54, 1.807) is 7.11 Å². The van der Waals surface area contributed by atoms with E-state index in [2.05, 4.69) is 40.6 Å². The van der Waals surface area contributed by atoms with Crippen molar-refractivity contribution in [1.82, 2.24) is 10.2 Å². The molecule has 0 saturated heterocycles. The lowest BCUT2D eigenvalue weighted by atomic mass is 9.97. The number of rotatable bonds is 7. The number of nitrogens with one attached hydrogen (secondary N) is 1. The smallest absolute Gasteiger partial charge is 0.251 e. The number of methoxy groups -OCH3 is 1. The van der Waals surface area contributed by atoms with Crippen molar-refractivity contribution in [2.45, 2.75) is 19.5 Å². The molecular weight excluding hydrogens is 403 g/mol. The predicted molar refractivity (Wildman–Crippen MR) is 125 cm³/mol. The van der Waals surface area contributed by atoms with E-state index in [1.165, 1.54) is 41.0 Å². The second-order valence-electron chi connectivity index (χ2n) is 7.95. The predicted octanol–water partition coefficient (Wildman–Crippen LogP) is 5.05. The first kappa shape index (κ1) is 21.8. The Labute approximate surface area is 188 Å². The van der Waals surface area contributed by atoms with E-state index in [-0.39, 0.29) is 11.7 Å². The van der Waals surface area contributed by atoms with Crippen molar-refractivity contribution in [3.63, 3.8) is 0 Å². The van der Waals surface area contributed by atoms with E-state index >= 15 is 0 Å². The topological polar surface area (TPSA) is 41.6 Å². The normalized spacial score (nSPS) is 14.0. The Morgan fingerprint density at radius 3 is 2.50 bits per heavy atom. The highest BCUT2D eigenvalue weighted by atomic mass is 19.1. The number of carbonyl (C=O) groups excluding carboxylic acids is 1. The quantitative estimate of drug-likeness (QED) is 0.570. The third-order valence-electron chi connectivity index (χ3n) is 5.72. The van der Waals surface area contributed by atoms with Gasteiger partial charge >= 0.3 is 0 Å². The Morgan fingerprint density at radius 2 is 1.81 bits per heavy atom. The molecule has 0 spiro atoms. The van der Waals surface area contributed by atoms with Crippen LogP contribution in [0.4, 0.5) is 4.39 Å². The minimum Gasteiger partial charge on any atom is -0.497 e. The molecule has 4 nitrogen and oxygen atoms in total. The van der Waals surface area contributed by atoms with Crippen LogP contribution in [0.2, 0.25) is 0 Å². The number of halogens is 1. The number of nitrogens with zero attached hydrogens (tertiary/aromatic N) is 1. The number of ether oxygens (including phenoxy) is 1. The maximum absolute atomic E-state index is 13.0. The van der Waals surface area contributed by atoms with Crippen LogP contribution in [0, 0.1) is 5.82 Å². The van der Waals surface area contributed by atoms with Gasteiger partial charge in [0.15, 0.2) is 0 Å². The van der Waals surface area contributed by atoms with Gasteiger partial charge in [0.25, 0.3) is 5.91 Å². The van der Waals surface area contributed by atoms with Gasteiger partial charge in [0.1, 0.15) is 11.6 Å². The number of benzene rings is 3. The lowest BCUT2D eigenvalue weighted by Gasteiger charge is -2.26. The Balaban J connectivity index is 1.33. The summed E-state index contributed by atoms with van der Waals surface area (Å²) in [5, 5.41) is 2.91. The van der Waals surface area contributed by atoms with Crippen LogP contribution in [-0.4, -0.2) is 31.0 Å². The van der Waals surface area contributed by atoms with Crippen LogP contribution >= 0.6 is 0 Å². The zero-order valence-electron chi connectivity index (χ0n) is 18.2. The first-order valence-electron chi connectivity index (χ1n) is 10.8. The summed E-state index contributed by atoms with van der Waals surface area (Å²) in [4.78, 5) is 14.7. The molecule has 0 aliphatic carbocycles. The lowest BCUT2D eigenvalue weighted by Crippen LogP contribution is -2.28. The van der Waals surface area contributed by atoms with Crippen molar-refractivity contribution >= 4 is 11.5 Å². The zero-order chi connectivity index (χ0) is 22.3. The molecule has 0 aromatic heterocycles. The largest absolute Gasteiger partial charge is 0.497 e. The molecule has 0 radical (unpaired) electrons. The molecule has 5 heteroatoms. The second-order valence-corrected chi connectivity index (χ2v) is 7.95. The molecule has 1 aliphatic rings. The highest BCUT2D eigenvalue weighted by Crippen LogP contribution is 2.24. The molecule has 3 aromatic carbocycles. The lowest BCUT2D eigenvalue weighted by molar-refractivity contribution is 0.0951. The molecule has 0 fully saturated rings. The highest BCUT2D eigenvalue weighted by molar-refractivity contribution is 5.94. The second kappa shape index (κ2) is 10.2. The van der Waals surface area contributed by atoms with Gasteiger partial charge in [0, 0.05) is 31.7 Å².